The van der Waals surface area contributed by atoms with E-state index in [-0.39, 0.29) is 20.9 Å². The van der Waals surface area contributed by atoms with Gasteiger partial charge in [0.25, 0.3) is 0 Å². The molecule has 0 aromatic carbocycles. The fourth-order valence-electron chi connectivity index (χ4n) is 0.211. The molecule has 0 aliphatic rings. The summed E-state index contributed by atoms with van der Waals surface area (Å²) in [6.07, 6.45) is 0. The molecule has 0 spiro atoms. The molecule has 0 aromatic rings. The van der Waals surface area contributed by atoms with Crippen molar-refractivity contribution < 1.29 is 0 Å². The normalized spacial score (nSPS) is 9.43. The van der Waals surface area contributed by atoms with Crippen LogP contribution in [0.2, 0.25) is 8.94 Å². The van der Waals surface area contributed by atoms with Gasteiger partial charge in [-0.15, -0.1) is 0 Å². The second-order valence-electron chi connectivity index (χ2n) is 0.990. The molecule has 0 bridgehead atoms. The van der Waals surface area contributed by atoms with E-state index in [2.05, 4.69) is 0 Å². The first-order valence-electron chi connectivity index (χ1n) is 2.11. The van der Waals surface area contributed by atoms with Crippen LogP contribution < -0.4 is 0 Å². The predicted molar refractivity (Wildman–Crippen MR) is 36.8 cm³/mol. The SMILES string of the molecule is ClCC[Te+]CCCl. The van der Waals surface area contributed by atoms with Crippen LogP contribution >= 0.6 is 23.2 Å². The van der Waals surface area contributed by atoms with Crippen molar-refractivity contribution in [2.24, 2.45) is 0 Å². The van der Waals surface area contributed by atoms with Gasteiger partial charge in [-0.05, 0) is 0 Å². The molecule has 0 saturated heterocycles. The summed E-state index contributed by atoms with van der Waals surface area (Å²) in [5.74, 6) is 1.66. The van der Waals surface area contributed by atoms with Gasteiger partial charge in [-0.1, -0.05) is 0 Å². The van der Waals surface area contributed by atoms with Gasteiger partial charge in [-0.3, -0.25) is 0 Å². The fraction of sp³-hybridized carbons (Fsp3) is 1.00. The Morgan fingerprint density at radius 1 is 1.00 bits per heavy atom. The molecule has 0 nitrogen and oxygen atoms in total. The summed E-state index contributed by atoms with van der Waals surface area (Å²) in [5, 5.41) is 0. The van der Waals surface area contributed by atoms with Crippen molar-refractivity contribution in [2.45, 2.75) is 8.94 Å². The van der Waals surface area contributed by atoms with Gasteiger partial charge in [-0.25, -0.2) is 0 Å². The molecule has 43 valence electrons. The van der Waals surface area contributed by atoms with Crippen LogP contribution in [0.25, 0.3) is 0 Å². The van der Waals surface area contributed by atoms with Gasteiger partial charge in [-0.2, -0.15) is 0 Å². The van der Waals surface area contributed by atoms with Crippen LogP contribution in [0.1, 0.15) is 0 Å². The summed E-state index contributed by atoms with van der Waals surface area (Å²) in [4.78, 5) is 0. The number of alkyl halides is 2. The Kier molecular flexibility index (Phi) is 8.81. The number of halogens is 2. The second-order valence-corrected chi connectivity index (χ2v) is 5.24. The van der Waals surface area contributed by atoms with Crippen molar-refractivity contribution in [3.63, 3.8) is 0 Å². The van der Waals surface area contributed by atoms with E-state index in [1.165, 1.54) is 8.94 Å². The van der Waals surface area contributed by atoms with Crippen molar-refractivity contribution in [3.8, 4) is 0 Å². The number of hydrogen-bond donors (Lipinski definition) is 0. The molecule has 0 atom stereocenters. The molecular weight excluding hydrogens is 247 g/mol. The Morgan fingerprint density at radius 2 is 1.43 bits per heavy atom. The van der Waals surface area contributed by atoms with Gasteiger partial charge in [0, 0.05) is 0 Å². The Labute approximate surface area is 64.6 Å². The molecule has 0 unspecified atom stereocenters. The van der Waals surface area contributed by atoms with Crippen LogP contribution in [-0.2, 0) is 0 Å². The van der Waals surface area contributed by atoms with Crippen molar-refractivity contribution in [1.29, 1.82) is 0 Å². The Morgan fingerprint density at radius 3 is 1.71 bits per heavy atom. The van der Waals surface area contributed by atoms with E-state index in [1.54, 1.807) is 0 Å². The molecule has 1 radical (unpaired) electrons. The van der Waals surface area contributed by atoms with Crippen molar-refractivity contribution in [3.05, 3.63) is 0 Å². The monoisotopic (exact) mass is 256 g/mol. The van der Waals surface area contributed by atoms with Gasteiger partial charge in [0.05, 0.1) is 0 Å². The first-order chi connectivity index (χ1) is 3.41. The van der Waals surface area contributed by atoms with Crippen molar-refractivity contribution in [2.75, 3.05) is 11.8 Å². The van der Waals surface area contributed by atoms with Crippen LogP contribution in [0.4, 0.5) is 0 Å². The first-order valence-corrected chi connectivity index (χ1v) is 6.48. The molecule has 0 heterocycles. The maximum absolute atomic E-state index is 5.43. The summed E-state index contributed by atoms with van der Waals surface area (Å²) in [6.45, 7) is 0. The van der Waals surface area contributed by atoms with Gasteiger partial charge >= 0.3 is 64.8 Å². The maximum atomic E-state index is 5.43. The molecule has 0 saturated carbocycles. The van der Waals surface area contributed by atoms with E-state index in [1.807, 2.05) is 0 Å². The molecule has 0 aromatic heterocycles. The van der Waals surface area contributed by atoms with E-state index >= 15 is 0 Å². The zero-order valence-electron chi connectivity index (χ0n) is 3.99. The zero-order valence-corrected chi connectivity index (χ0v) is 7.83. The summed E-state index contributed by atoms with van der Waals surface area (Å²) in [7, 11) is 0. The summed E-state index contributed by atoms with van der Waals surface area (Å²) < 4.78 is 2.47. The summed E-state index contributed by atoms with van der Waals surface area (Å²) in [5.41, 5.74) is 0. The van der Waals surface area contributed by atoms with Gasteiger partial charge < -0.3 is 0 Å². The Balaban J connectivity index is 2.45. The molecular formula is C4H8Cl2Te+. The summed E-state index contributed by atoms with van der Waals surface area (Å²) in [6, 6.07) is 0. The average molecular weight is 255 g/mol. The zero-order chi connectivity index (χ0) is 5.54. The molecule has 7 heavy (non-hydrogen) atoms. The third-order valence-corrected chi connectivity index (χ3v) is 5.04. The van der Waals surface area contributed by atoms with Crippen LogP contribution in [0.15, 0.2) is 0 Å². The predicted octanol–water partition coefficient (Wildman–Crippen LogP) is 2.00. The third kappa shape index (κ3) is 7.37. The number of rotatable bonds is 4. The topological polar surface area (TPSA) is 0 Å². The molecule has 0 rings (SSSR count). The van der Waals surface area contributed by atoms with E-state index in [0.717, 1.165) is 11.8 Å². The van der Waals surface area contributed by atoms with Crippen LogP contribution in [0.5, 0.6) is 0 Å². The molecule has 0 fully saturated rings. The summed E-state index contributed by atoms with van der Waals surface area (Å²) >= 11 is 11.1. The minimum absolute atomic E-state index is 0.213. The third-order valence-electron chi connectivity index (χ3n) is 0.443. The first kappa shape index (κ1) is 8.37. The van der Waals surface area contributed by atoms with Gasteiger partial charge in [0.2, 0.25) is 0 Å². The van der Waals surface area contributed by atoms with Crippen molar-refractivity contribution >= 4 is 44.1 Å². The van der Waals surface area contributed by atoms with Crippen molar-refractivity contribution in [1.82, 2.24) is 0 Å². The van der Waals surface area contributed by atoms with E-state index < -0.39 is 0 Å². The van der Waals surface area contributed by atoms with Gasteiger partial charge in [0.1, 0.15) is 0 Å². The Hall–Kier alpha value is 1.37. The minimum atomic E-state index is 0.213. The molecule has 0 N–H and O–H groups in total. The molecule has 3 heteroatoms. The fourth-order valence-corrected chi connectivity index (χ4v) is 2.88. The van der Waals surface area contributed by atoms with Gasteiger partial charge in [0.15, 0.2) is 0 Å². The van der Waals surface area contributed by atoms with Crippen LogP contribution in [0.3, 0.4) is 0 Å². The van der Waals surface area contributed by atoms with E-state index in [0.29, 0.717) is 0 Å². The standard InChI is InChI=1S/C4H8Cl2Te/c5-1-3-7-4-2-6/h1-4H2/q+1. The van der Waals surface area contributed by atoms with Crippen LogP contribution in [0, 0.1) is 0 Å². The van der Waals surface area contributed by atoms with E-state index in [9.17, 15) is 0 Å². The molecule has 0 aliphatic heterocycles. The van der Waals surface area contributed by atoms with E-state index in [4.69, 9.17) is 23.2 Å². The average Bonchev–Trinajstić information content (AvgIpc) is 1.69. The number of hydrogen-bond acceptors (Lipinski definition) is 0. The van der Waals surface area contributed by atoms with Crippen LogP contribution in [-0.4, -0.2) is 32.7 Å². The quantitative estimate of drug-likeness (QED) is 0.409. The molecule has 0 amide bonds. The molecule has 0 aliphatic carbocycles. The Bertz CT molecular complexity index is 28.9. The second kappa shape index (κ2) is 7.37.